The zero-order valence-electron chi connectivity index (χ0n) is 9.80. The topological polar surface area (TPSA) is 82.3 Å². The fourth-order valence-electron chi connectivity index (χ4n) is 2.06. The maximum absolute atomic E-state index is 12.2. The summed E-state index contributed by atoms with van der Waals surface area (Å²) in [6.07, 6.45) is -8.04. The Bertz CT molecular complexity index is 378. The van der Waals surface area contributed by atoms with Crippen molar-refractivity contribution < 1.29 is 33.2 Å². The highest BCUT2D eigenvalue weighted by Crippen LogP contribution is 2.45. The molecular formula is C10H14F3NO4S. The fourth-order valence-corrected chi connectivity index (χ4v) is 3.34. The second kappa shape index (κ2) is 5.21. The van der Waals surface area contributed by atoms with Crippen molar-refractivity contribution >= 4 is 16.8 Å². The van der Waals surface area contributed by atoms with Crippen LogP contribution < -0.4 is 0 Å². The molecule has 1 saturated heterocycles. The smallest absolute Gasteiger partial charge is 0.389 e. The predicted octanol–water partition coefficient (Wildman–Crippen LogP) is 0.283. The number of ether oxygens (including phenoxy) is 1. The van der Waals surface area contributed by atoms with Crippen LogP contribution in [0.5, 0.6) is 0 Å². The van der Waals surface area contributed by atoms with Gasteiger partial charge in [0, 0.05) is 12.8 Å². The molecule has 2 heterocycles. The number of hydrogen-bond donors (Lipinski definition) is 3. The number of aliphatic imine (C=N–C) groups is 1. The van der Waals surface area contributed by atoms with Gasteiger partial charge in [0.05, 0.1) is 18.3 Å². The molecule has 2 aliphatic heterocycles. The second-order valence-corrected chi connectivity index (χ2v) is 5.89. The van der Waals surface area contributed by atoms with Crippen molar-refractivity contribution in [3.05, 3.63) is 0 Å². The van der Waals surface area contributed by atoms with E-state index in [1.807, 2.05) is 0 Å². The average Bonchev–Trinajstić information content (AvgIpc) is 2.71. The van der Waals surface area contributed by atoms with Gasteiger partial charge in [-0.15, -0.1) is 0 Å². The lowest BCUT2D eigenvalue weighted by atomic mass is 9.97. The van der Waals surface area contributed by atoms with E-state index in [2.05, 4.69) is 4.99 Å². The molecule has 0 bridgehead atoms. The fraction of sp³-hybridized carbons (Fsp3) is 0.900. The van der Waals surface area contributed by atoms with Crippen LogP contribution >= 0.6 is 11.8 Å². The molecule has 110 valence electrons. The SMILES string of the molecule is OCC12OCC(O)C(O)C1N=C(CCC(F)(F)F)S2. The van der Waals surface area contributed by atoms with E-state index in [9.17, 15) is 28.5 Å². The Labute approximate surface area is 111 Å². The Hall–Kier alpha value is -0.350. The van der Waals surface area contributed by atoms with Gasteiger partial charge in [0.25, 0.3) is 0 Å². The highest BCUT2D eigenvalue weighted by atomic mass is 32.2. The number of nitrogens with zero attached hydrogens (tertiary/aromatic N) is 1. The molecule has 0 spiro atoms. The Balaban J connectivity index is 2.09. The normalized spacial score (nSPS) is 39.1. The third-order valence-electron chi connectivity index (χ3n) is 3.08. The monoisotopic (exact) mass is 301 g/mol. The largest absolute Gasteiger partial charge is 0.392 e. The quantitative estimate of drug-likeness (QED) is 0.698. The van der Waals surface area contributed by atoms with Gasteiger partial charge in [0.15, 0.2) is 4.93 Å². The minimum absolute atomic E-state index is 0.171. The first-order valence-corrected chi connectivity index (χ1v) is 6.52. The summed E-state index contributed by atoms with van der Waals surface area (Å²) < 4.78 is 41.8. The third-order valence-corrected chi connectivity index (χ3v) is 4.46. The van der Waals surface area contributed by atoms with Crippen molar-refractivity contribution in [2.24, 2.45) is 4.99 Å². The number of hydrogen-bond acceptors (Lipinski definition) is 6. The van der Waals surface area contributed by atoms with E-state index >= 15 is 0 Å². The molecule has 0 aromatic rings. The number of rotatable bonds is 3. The molecule has 2 rings (SSSR count). The van der Waals surface area contributed by atoms with Gasteiger partial charge >= 0.3 is 6.18 Å². The van der Waals surface area contributed by atoms with Crippen molar-refractivity contribution in [1.29, 1.82) is 0 Å². The van der Waals surface area contributed by atoms with E-state index in [0.717, 1.165) is 11.8 Å². The van der Waals surface area contributed by atoms with E-state index in [1.54, 1.807) is 0 Å². The van der Waals surface area contributed by atoms with Crippen LogP contribution in [0.4, 0.5) is 13.2 Å². The summed E-state index contributed by atoms with van der Waals surface area (Å²) in [6, 6.07) is -0.950. The molecule has 4 unspecified atom stereocenters. The van der Waals surface area contributed by atoms with Crippen molar-refractivity contribution in [2.75, 3.05) is 13.2 Å². The third kappa shape index (κ3) is 3.05. The van der Waals surface area contributed by atoms with Gasteiger partial charge in [0.1, 0.15) is 18.2 Å². The molecular weight excluding hydrogens is 287 g/mol. The molecule has 0 saturated carbocycles. The van der Waals surface area contributed by atoms with Crippen molar-refractivity contribution in [3.63, 3.8) is 0 Å². The number of fused-ring (bicyclic) bond motifs is 1. The Morgan fingerprint density at radius 1 is 1.42 bits per heavy atom. The van der Waals surface area contributed by atoms with E-state index in [4.69, 9.17) is 4.74 Å². The molecule has 2 aliphatic rings. The van der Waals surface area contributed by atoms with Crippen LogP contribution in [0.2, 0.25) is 0 Å². The van der Waals surface area contributed by atoms with E-state index in [-0.39, 0.29) is 18.1 Å². The van der Waals surface area contributed by atoms with Gasteiger partial charge in [-0.25, -0.2) is 0 Å². The first kappa shape index (κ1) is 15.0. The maximum atomic E-state index is 12.2. The highest BCUT2D eigenvalue weighted by Gasteiger charge is 2.54. The van der Waals surface area contributed by atoms with Crippen LogP contribution in [-0.4, -0.2) is 62.9 Å². The van der Waals surface area contributed by atoms with Crippen LogP contribution in [0.3, 0.4) is 0 Å². The number of thioether (sulfide) groups is 1. The highest BCUT2D eigenvalue weighted by molar-refractivity contribution is 8.15. The summed E-state index contributed by atoms with van der Waals surface area (Å²) in [4.78, 5) is 2.69. The summed E-state index contributed by atoms with van der Waals surface area (Å²) >= 11 is 0.895. The van der Waals surface area contributed by atoms with Crippen molar-refractivity contribution in [3.8, 4) is 0 Å². The summed E-state index contributed by atoms with van der Waals surface area (Å²) in [5, 5.41) is 28.8. The number of aliphatic hydroxyl groups excluding tert-OH is 3. The summed E-state index contributed by atoms with van der Waals surface area (Å²) in [5.74, 6) is 0. The first-order chi connectivity index (χ1) is 8.77. The number of aliphatic hydroxyl groups is 3. The molecule has 0 aromatic heterocycles. The maximum Gasteiger partial charge on any atom is 0.389 e. The zero-order chi connectivity index (χ0) is 14.3. The molecule has 5 nitrogen and oxygen atoms in total. The predicted molar refractivity (Wildman–Crippen MR) is 61.9 cm³/mol. The number of halogens is 3. The van der Waals surface area contributed by atoms with Crippen LogP contribution in [0.25, 0.3) is 0 Å². The van der Waals surface area contributed by atoms with E-state index in [0.29, 0.717) is 0 Å². The first-order valence-electron chi connectivity index (χ1n) is 5.71. The molecule has 0 aromatic carbocycles. The summed E-state index contributed by atoms with van der Waals surface area (Å²) in [7, 11) is 0. The minimum Gasteiger partial charge on any atom is -0.392 e. The van der Waals surface area contributed by atoms with Crippen LogP contribution in [0.1, 0.15) is 12.8 Å². The zero-order valence-corrected chi connectivity index (χ0v) is 10.6. The standard InChI is InChI=1S/C10H14F3NO4S/c11-10(12,13)2-1-6-14-8-7(17)5(16)3-18-9(8,4-15)19-6/h5,7-8,15-17H,1-4H2. The molecule has 4 atom stereocenters. The summed E-state index contributed by atoms with van der Waals surface area (Å²) in [6.45, 7) is -0.682. The van der Waals surface area contributed by atoms with Crippen LogP contribution in [0.15, 0.2) is 4.99 Å². The second-order valence-electron chi connectivity index (χ2n) is 4.52. The van der Waals surface area contributed by atoms with Gasteiger partial charge in [0.2, 0.25) is 0 Å². The molecule has 0 amide bonds. The summed E-state index contributed by atoms with van der Waals surface area (Å²) in [5.41, 5.74) is 0. The lowest BCUT2D eigenvalue weighted by molar-refractivity contribution is -0.155. The molecule has 0 radical (unpaired) electrons. The van der Waals surface area contributed by atoms with Crippen LogP contribution in [0, 0.1) is 0 Å². The average molecular weight is 301 g/mol. The van der Waals surface area contributed by atoms with E-state index in [1.165, 1.54) is 0 Å². The van der Waals surface area contributed by atoms with Crippen LogP contribution in [-0.2, 0) is 4.74 Å². The van der Waals surface area contributed by atoms with Gasteiger partial charge in [-0.2, -0.15) is 13.2 Å². The van der Waals surface area contributed by atoms with Gasteiger partial charge < -0.3 is 20.1 Å². The Morgan fingerprint density at radius 2 is 2.11 bits per heavy atom. The number of alkyl halides is 3. The Morgan fingerprint density at radius 3 is 2.68 bits per heavy atom. The lowest BCUT2D eigenvalue weighted by Gasteiger charge is -2.40. The van der Waals surface area contributed by atoms with Gasteiger partial charge in [-0.1, -0.05) is 11.8 Å². The molecule has 0 aliphatic carbocycles. The van der Waals surface area contributed by atoms with Gasteiger partial charge in [-0.3, -0.25) is 4.99 Å². The van der Waals surface area contributed by atoms with Gasteiger partial charge in [-0.05, 0) is 0 Å². The lowest BCUT2D eigenvalue weighted by Crippen LogP contribution is -2.58. The molecule has 3 N–H and O–H groups in total. The molecule has 9 heteroatoms. The van der Waals surface area contributed by atoms with E-state index < -0.39 is 42.4 Å². The molecule has 19 heavy (non-hydrogen) atoms. The van der Waals surface area contributed by atoms with Crippen molar-refractivity contribution in [2.45, 2.75) is 42.2 Å². The Kier molecular flexibility index (Phi) is 4.12. The molecule has 1 fully saturated rings. The minimum atomic E-state index is -4.29. The van der Waals surface area contributed by atoms with Crippen molar-refractivity contribution in [1.82, 2.24) is 0 Å².